The summed E-state index contributed by atoms with van der Waals surface area (Å²) in [5, 5.41) is 11.3. The standard InChI is InChI=1S/C24H21N6O7PS/c1-26-15-5-3-2-4-14(15)13-8-6-12(7-9-13)11-39-24-27-17-20(28-23(25)29-21(17)32)30(24)22-18(31)19-16(36-22)10-35-38(33,34)37-19/h2-9,16,18-19,22,31H,10-11H2,(H,33,34)(H3,25,28,29,32)/p-1/t16?,18?,19-,22-/m1/s1. The minimum Gasteiger partial charge on any atom is -0.756 e. The molecule has 0 bridgehead atoms. The van der Waals surface area contributed by atoms with Crippen LogP contribution in [0.3, 0.4) is 0 Å². The van der Waals surface area contributed by atoms with Gasteiger partial charge in [0.05, 0.1) is 13.2 Å². The molecule has 4 N–H and O–H groups in total. The van der Waals surface area contributed by atoms with Gasteiger partial charge in [-0.1, -0.05) is 60.3 Å². The highest BCUT2D eigenvalue weighted by molar-refractivity contribution is 7.98. The van der Waals surface area contributed by atoms with E-state index in [2.05, 4.69) is 19.8 Å². The molecule has 15 heteroatoms. The number of aliphatic hydroxyl groups is 1. The fraction of sp³-hybridized carbons (Fsp3) is 0.250. The lowest BCUT2D eigenvalue weighted by molar-refractivity contribution is -0.245. The van der Waals surface area contributed by atoms with Crippen LogP contribution < -0.4 is 16.2 Å². The van der Waals surface area contributed by atoms with E-state index in [9.17, 15) is 19.4 Å². The summed E-state index contributed by atoms with van der Waals surface area (Å²) in [4.78, 5) is 39.0. The number of nitrogens with one attached hydrogen (secondary N) is 1. The van der Waals surface area contributed by atoms with Gasteiger partial charge in [-0.25, -0.2) is 9.83 Å². The summed E-state index contributed by atoms with van der Waals surface area (Å²) in [7, 11) is -4.58. The number of benzene rings is 2. The number of nitrogen functional groups attached to an aromatic ring is 1. The average Bonchev–Trinajstić information content (AvgIpc) is 3.44. The molecule has 2 fully saturated rings. The zero-order chi connectivity index (χ0) is 27.3. The Morgan fingerprint density at radius 3 is 2.79 bits per heavy atom. The van der Waals surface area contributed by atoms with Crippen molar-refractivity contribution in [1.82, 2.24) is 19.5 Å². The molecule has 2 saturated heterocycles. The largest absolute Gasteiger partial charge is 0.756 e. The highest BCUT2D eigenvalue weighted by Gasteiger charge is 2.51. The van der Waals surface area contributed by atoms with Crippen molar-refractivity contribution in [2.45, 2.75) is 35.4 Å². The van der Waals surface area contributed by atoms with Crippen molar-refractivity contribution in [3.05, 3.63) is 75.9 Å². The lowest BCUT2D eigenvalue weighted by Gasteiger charge is -2.34. The van der Waals surface area contributed by atoms with Gasteiger partial charge in [-0.2, -0.15) is 4.98 Å². The van der Waals surface area contributed by atoms with Crippen molar-refractivity contribution >= 4 is 42.4 Å². The molecule has 13 nitrogen and oxygen atoms in total. The predicted octanol–water partition coefficient (Wildman–Crippen LogP) is 2.35. The average molecular weight is 568 g/mol. The Morgan fingerprint density at radius 1 is 1.26 bits per heavy atom. The van der Waals surface area contributed by atoms with E-state index in [-0.39, 0.29) is 23.7 Å². The maximum Gasteiger partial charge on any atom is 0.280 e. The van der Waals surface area contributed by atoms with Gasteiger partial charge in [0.25, 0.3) is 13.4 Å². The van der Waals surface area contributed by atoms with Gasteiger partial charge in [-0.15, -0.1) is 0 Å². The Hall–Kier alpha value is -3.54. The quantitative estimate of drug-likeness (QED) is 0.183. The third kappa shape index (κ3) is 4.75. The minimum absolute atomic E-state index is 0.0184. The summed E-state index contributed by atoms with van der Waals surface area (Å²) in [6.07, 6.45) is -4.67. The maximum atomic E-state index is 12.6. The number of nitrogens with two attached hydrogens (primary N) is 1. The lowest BCUT2D eigenvalue weighted by Crippen LogP contribution is -2.41. The zero-order valence-corrected chi connectivity index (χ0v) is 21.7. The Kier molecular flexibility index (Phi) is 6.52. The molecular formula is C24H20N6O7PS-. The molecule has 2 aromatic heterocycles. The van der Waals surface area contributed by atoms with Crippen LogP contribution in [-0.4, -0.2) is 49.5 Å². The first-order valence-corrected chi connectivity index (χ1v) is 14.1. The number of hydrogen-bond donors (Lipinski definition) is 3. The number of phosphoric acid groups is 1. The highest BCUT2D eigenvalue weighted by atomic mass is 32.2. The molecule has 200 valence electrons. The predicted molar refractivity (Wildman–Crippen MR) is 139 cm³/mol. The third-order valence-corrected chi connectivity index (χ3v) is 8.40. The Labute approximate surface area is 225 Å². The number of imidazole rings is 1. The van der Waals surface area contributed by atoms with E-state index in [1.54, 1.807) is 6.07 Å². The first kappa shape index (κ1) is 25.7. The van der Waals surface area contributed by atoms with Gasteiger partial charge in [0.1, 0.15) is 18.3 Å². The first-order valence-electron chi connectivity index (χ1n) is 11.7. The summed E-state index contributed by atoms with van der Waals surface area (Å²) >= 11 is 1.26. The molecule has 5 atom stereocenters. The van der Waals surface area contributed by atoms with Gasteiger partial charge in [0, 0.05) is 5.75 Å². The zero-order valence-electron chi connectivity index (χ0n) is 20.0. The van der Waals surface area contributed by atoms with Crippen LogP contribution in [0.4, 0.5) is 11.6 Å². The van der Waals surface area contributed by atoms with Gasteiger partial charge in [-0.05, 0) is 16.7 Å². The van der Waals surface area contributed by atoms with E-state index in [0.717, 1.165) is 16.7 Å². The van der Waals surface area contributed by atoms with E-state index < -0.39 is 37.9 Å². The van der Waals surface area contributed by atoms with E-state index >= 15 is 0 Å². The smallest absolute Gasteiger partial charge is 0.280 e. The van der Waals surface area contributed by atoms with Crippen LogP contribution in [0.5, 0.6) is 0 Å². The molecule has 0 aliphatic carbocycles. The van der Waals surface area contributed by atoms with Crippen LogP contribution in [0.2, 0.25) is 0 Å². The van der Waals surface area contributed by atoms with Gasteiger partial charge < -0.3 is 29.5 Å². The summed E-state index contributed by atoms with van der Waals surface area (Å²) in [6, 6.07) is 15.0. The molecule has 39 heavy (non-hydrogen) atoms. The van der Waals surface area contributed by atoms with E-state index in [0.29, 0.717) is 16.6 Å². The molecule has 2 aliphatic rings. The third-order valence-electron chi connectivity index (χ3n) is 6.41. The number of anilines is 1. The minimum atomic E-state index is -4.58. The number of ether oxygens (including phenoxy) is 1. The number of rotatable bonds is 5. The summed E-state index contributed by atoms with van der Waals surface area (Å²) in [5.74, 6) is 0.265. The van der Waals surface area contributed by atoms with Crippen LogP contribution in [0.25, 0.3) is 27.1 Å². The highest BCUT2D eigenvalue weighted by Crippen LogP contribution is 2.50. The van der Waals surface area contributed by atoms with Crippen molar-refractivity contribution in [3.63, 3.8) is 0 Å². The topological polar surface area (TPSA) is 182 Å². The van der Waals surface area contributed by atoms with Crippen LogP contribution in [0.1, 0.15) is 11.8 Å². The second-order valence-electron chi connectivity index (χ2n) is 8.87. The molecule has 0 spiro atoms. The van der Waals surface area contributed by atoms with Crippen LogP contribution in [-0.2, 0) is 24.1 Å². The summed E-state index contributed by atoms with van der Waals surface area (Å²) in [6.45, 7) is 7.07. The molecule has 6 rings (SSSR count). The Morgan fingerprint density at radius 2 is 2.03 bits per heavy atom. The second kappa shape index (κ2) is 9.89. The van der Waals surface area contributed by atoms with Crippen molar-refractivity contribution in [2.24, 2.45) is 0 Å². The number of para-hydroxylation sites is 1. The number of nitrogens with zero attached hydrogens (tertiary/aromatic N) is 4. The molecule has 4 heterocycles. The monoisotopic (exact) mass is 567 g/mol. The number of aliphatic hydroxyl groups excluding tert-OH is 1. The first-order chi connectivity index (χ1) is 18.7. The number of phosphoric ester groups is 1. The number of aromatic amines is 1. The molecule has 0 saturated carbocycles. The fourth-order valence-corrected chi connectivity index (χ4v) is 6.52. The van der Waals surface area contributed by atoms with Crippen molar-refractivity contribution in [2.75, 3.05) is 12.3 Å². The molecule has 2 aliphatic heterocycles. The van der Waals surface area contributed by atoms with Gasteiger partial charge in [0.15, 0.2) is 28.2 Å². The molecule has 3 unspecified atom stereocenters. The van der Waals surface area contributed by atoms with Gasteiger partial charge >= 0.3 is 0 Å². The van der Waals surface area contributed by atoms with Crippen LogP contribution in [0.15, 0.2) is 58.5 Å². The lowest BCUT2D eigenvalue weighted by atomic mass is 10.0. The van der Waals surface area contributed by atoms with Crippen LogP contribution >= 0.6 is 19.6 Å². The number of aromatic nitrogens is 4. The normalized spacial score (nSPS) is 26.4. The second-order valence-corrected chi connectivity index (χ2v) is 11.2. The summed E-state index contributed by atoms with van der Waals surface area (Å²) in [5.41, 5.74) is 8.47. The molecule has 0 radical (unpaired) electrons. The molecule has 4 aromatic rings. The van der Waals surface area contributed by atoms with E-state index in [1.807, 2.05) is 42.5 Å². The van der Waals surface area contributed by atoms with Crippen molar-refractivity contribution in [1.29, 1.82) is 0 Å². The van der Waals surface area contributed by atoms with Crippen LogP contribution in [0, 0.1) is 6.57 Å². The number of thioether (sulfide) groups is 1. The maximum absolute atomic E-state index is 12.6. The number of H-pyrrole nitrogens is 1. The van der Waals surface area contributed by atoms with E-state index in [1.165, 1.54) is 16.3 Å². The Balaban J connectivity index is 1.31. The van der Waals surface area contributed by atoms with E-state index in [4.69, 9.17) is 26.1 Å². The summed E-state index contributed by atoms with van der Waals surface area (Å²) < 4.78 is 28.8. The molecule has 0 amide bonds. The van der Waals surface area contributed by atoms with Gasteiger partial charge in [-0.3, -0.25) is 18.9 Å². The number of fused-ring (bicyclic) bond motifs is 2. The molecular weight excluding hydrogens is 547 g/mol. The Bertz CT molecular complexity index is 1720. The van der Waals surface area contributed by atoms with Gasteiger partial charge in [0.2, 0.25) is 5.95 Å². The SMILES string of the molecule is [C-]#[N+]c1ccccc1-c1ccc(CSc2nc3c(=O)[nH]c(N)nc3n2[C@@H]2OC3COP(=O)([O-])O[C@H]3C2O)cc1. The number of hydrogen-bond acceptors (Lipinski definition) is 11. The van der Waals surface area contributed by atoms with Crippen molar-refractivity contribution in [3.8, 4) is 11.1 Å². The molecule has 2 aromatic carbocycles. The fourth-order valence-electron chi connectivity index (χ4n) is 4.60. The van der Waals surface area contributed by atoms with Crippen molar-refractivity contribution < 1.29 is 28.3 Å².